The van der Waals surface area contributed by atoms with Gasteiger partial charge in [-0.15, -0.1) is 0 Å². The van der Waals surface area contributed by atoms with Crippen LogP contribution in [0.25, 0.3) is 0 Å². The Balaban J connectivity index is 2.18. The van der Waals surface area contributed by atoms with Gasteiger partial charge in [0.1, 0.15) is 5.82 Å². The van der Waals surface area contributed by atoms with Crippen molar-refractivity contribution in [2.24, 2.45) is 5.92 Å². The zero-order valence-electron chi connectivity index (χ0n) is 11.3. The lowest BCUT2D eigenvalue weighted by atomic mass is 9.95. The maximum absolute atomic E-state index is 13.6. The first kappa shape index (κ1) is 15.2. The summed E-state index contributed by atoms with van der Waals surface area (Å²) in [7, 11) is 0. The van der Waals surface area contributed by atoms with Crippen molar-refractivity contribution in [3.8, 4) is 0 Å². The van der Waals surface area contributed by atoms with Gasteiger partial charge in [0.05, 0.1) is 17.7 Å². The Morgan fingerprint density at radius 3 is 3.10 bits per heavy atom. The Morgan fingerprint density at radius 1 is 1.60 bits per heavy atom. The van der Waals surface area contributed by atoms with Crippen molar-refractivity contribution in [1.82, 2.24) is 10.6 Å². The molecule has 1 aromatic rings. The molecule has 0 saturated carbocycles. The Bertz CT molecular complexity index is 484. The zero-order valence-corrected chi connectivity index (χ0v) is 12.0. The molecule has 110 valence electrons. The number of halogens is 2. The van der Waals surface area contributed by atoms with Gasteiger partial charge in [0.2, 0.25) is 5.91 Å². The number of ether oxygens (including phenoxy) is 1. The van der Waals surface area contributed by atoms with Crippen molar-refractivity contribution < 1.29 is 13.9 Å². The first-order valence-corrected chi connectivity index (χ1v) is 6.97. The molecule has 1 amide bonds. The monoisotopic (exact) mass is 300 g/mol. The average molecular weight is 301 g/mol. The lowest BCUT2D eigenvalue weighted by Gasteiger charge is -2.25. The van der Waals surface area contributed by atoms with E-state index < -0.39 is 5.82 Å². The third-order valence-electron chi connectivity index (χ3n) is 3.30. The second kappa shape index (κ2) is 7.02. The molecule has 4 nitrogen and oxygen atoms in total. The highest BCUT2D eigenvalue weighted by Crippen LogP contribution is 2.29. The van der Waals surface area contributed by atoms with Gasteiger partial charge in [-0.3, -0.25) is 4.79 Å². The van der Waals surface area contributed by atoms with Crippen LogP contribution in [-0.4, -0.2) is 32.1 Å². The van der Waals surface area contributed by atoms with Gasteiger partial charge < -0.3 is 15.4 Å². The maximum Gasteiger partial charge on any atom is 0.216 e. The predicted octanol–water partition coefficient (Wildman–Crippen LogP) is 1.89. The normalized spacial score (nSPS) is 23.1. The van der Waals surface area contributed by atoms with Crippen LogP contribution in [0.2, 0.25) is 5.02 Å². The summed E-state index contributed by atoms with van der Waals surface area (Å²) in [4.78, 5) is 11.1. The predicted molar refractivity (Wildman–Crippen MR) is 75.1 cm³/mol. The van der Waals surface area contributed by atoms with Gasteiger partial charge in [0.15, 0.2) is 0 Å². The van der Waals surface area contributed by atoms with E-state index in [2.05, 4.69) is 10.6 Å². The lowest BCUT2D eigenvalue weighted by Crippen LogP contribution is -2.35. The highest BCUT2D eigenvalue weighted by atomic mass is 35.5. The Kier molecular flexibility index (Phi) is 5.34. The van der Waals surface area contributed by atoms with Crippen LogP contribution in [0.1, 0.15) is 18.6 Å². The number of hydrogen-bond acceptors (Lipinski definition) is 3. The van der Waals surface area contributed by atoms with E-state index >= 15 is 0 Å². The highest BCUT2D eigenvalue weighted by molar-refractivity contribution is 6.30. The molecule has 0 unspecified atom stereocenters. The minimum absolute atomic E-state index is 0.0435. The largest absolute Gasteiger partial charge is 0.372 e. The van der Waals surface area contributed by atoms with Crippen LogP contribution in [0.5, 0.6) is 0 Å². The molecule has 0 bridgehead atoms. The van der Waals surface area contributed by atoms with Gasteiger partial charge in [-0.2, -0.15) is 0 Å². The Labute approximate surface area is 122 Å². The molecule has 6 heteroatoms. The average Bonchev–Trinajstić information content (AvgIpc) is 2.65. The molecule has 1 aliphatic rings. The molecule has 1 aliphatic heterocycles. The van der Waals surface area contributed by atoms with E-state index in [4.69, 9.17) is 16.3 Å². The van der Waals surface area contributed by atoms with Crippen molar-refractivity contribution >= 4 is 17.5 Å². The zero-order chi connectivity index (χ0) is 14.5. The van der Waals surface area contributed by atoms with Crippen LogP contribution < -0.4 is 10.6 Å². The number of nitrogens with one attached hydrogen (secondary N) is 2. The van der Waals surface area contributed by atoms with Crippen molar-refractivity contribution in [3.05, 3.63) is 34.6 Å². The van der Waals surface area contributed by atoms with E-state index in [0.717, 1.165) is 12.1 Å². The molecule has 1 heterocycles. The molecule has 1 saturated heterocycles. The summed E-state index contributed by atoms with van der Waals surface area (Å²) >= 11 is 5.71. The van der Waals surface area contributed by atoms with Crippen LogP contribution in [0.4, 0.5) is 4.39 Å². The van der Waals surface area contributed by atoms with E-state index in [1.807, 2.05) is 0 Å². The molecule has 0 aliphatic carbocycles. The third-order valence-corrected chi connectivity index (χ3v) is 3.60. The lowest BCUT2D eigenvalue weighted by molar-refractivity contribution is -0.119. The topological polar surface area (TPSA) is 50.4 Å². The van der Waals surface area contributed by atoms with E-state index in [-0.39, 0.29) is 23.0 Å². The van der Waals surface area contributed by atoms with E-state index in [1.165, 1.54) is 19.1 Å². The van der Waals surface area contributed by atoms with Crippen LogP contribution in [-0.2, 0) is 9.53 Å². The van der Waals surface area contributed by atoms with Crippen molar-refractivity contribution in [1.29, 1.82) is 0 Å². The molecule has 1 fully saturated rings. The minimum Gasteiger partial charge on any atom is -0.372 e. The first-order chi connectivity index (χ1) is 9.58. The van der Waals surface area contributed by atoms with Gasteiger partial charge in [-0.25, -0.2) is 4.39 Å². The fourth-order valence-corrected chi connectivity index (χ4v) is 2.42. The fourth-order valence-electron chi connectivity index (χ4n) is 2.30. The first-order valence-electron chi connectivity index (χ1n) is 6.59. The summed E-state index contributed by atoms with van der Waals surface area (Å²) in [6.07, 6.45) is -0.261. The van der Waals surface area contributed by atoms with Crippen LogP contribution in [0, 0.1) is 11.7 Å². The molecule has 0 aromatic heterocycles. The van der Waals surface area contributed by atoms with E-state index in [9.17, 15) is 9.18 Å². The molecular formula is C14H18ClFN2O2. The standard InChI is InChI=1S/C14H18ClFN2O2/c1-9(19)18-8-11-7-17-4-5-20-14(11)10-2-3-12(15)13(16)6-10/h2-3,6,11,14,17H,4-5,7-8H2,1H3,(H,18,19)/t11-,14+/m1/s1. The number of hydrogen-bond donors (Lipinski definition) is 2. The summed E-state index contributed by atoms with van der Waals surface area (Å²) in [5.41, 5.74) is 0.742. The SMILES string of the molecule is CC(=O)NC[C@H]1CNCCO[C@H]1c1ccc(Cl)c(F)c1. The van der Waals surface area contributed by atoms with E-state index in [0.29, 0.717) is 19.7 Å². The quantitative estimate of drug-likeness (QED) is 0.896. The summed E-state index contributed by atoms with van der Waals surface area (Å²) in [5, 5.41) is 6.14. The van der Waals surface area contributed by atoms with Gasteiger partial charge in [0.25, 0.3) is 0 Å². The molecule has 2 N–H and O–H groups in total. The van der Waals surface area contributed by atoms with Crippen molar-refractivity contribution in [3.63, 3.8) is 0 Å². The van der Waals surface area contributed by atoms with Crippen LogP contribution in [0.15, 0.2) is 18.2 Å². The number of amides is 1. The fraction of sp³-hybridized carbons (Fsp3) is 0.500. The Morgan fingerprint density at radius 2 is 2.40 bits per heavy atom. The number of rotatable bonds is 3. The Hall–Kier alpha value is -1.17. The molecule has 0 radical (unpaired) electrons. The summed E-state index contributed by atoms with van der Waals surface area (Å²) < 4.78 is 19.4. The third kappa shape index (κ3) is 3.91. The summed E-state index contributed by atoms with van der Waals surface area (Å²) in [6, 6.07) is 4.70. The molecule has 2 rings (SSSR count). The van der Waals surface area contributed by atoms with Gasteiger partial charge in [-0.05, 0) is 17.7 Å². The highest BCUT2D eigenvalue weighted by Gasteiger charge is 2.26. The van der Waals surface area contributed by atoms with Gasteiger partial charge in [-0.1, -0.05) is 17.7 Å². The second-order valence-electron chi connectivity index (χ2n) is 4.87. The van der Waals surface area contributed by atoms with Gasteiger partial charge >= 0.3 is 0 Å². The molecule has 2 atom stereocenters. The van der Waals surface area contributed by atoms with Crippen LogP contribution >= 0.6 is 11.6 Å². The van der Waals surface area contributed by atoms with E-state index in [1.54, 1.807) is 6.07 Å². The van der Waals surface area contributed by atoms with Gasteiger partial charge in [0, 0.05) is 32.5 Å². The summed E-state index contributed by atoms with van der Waals surface area (Å²) in [5.74, 6) is -0.500. The maximum atomic E-state index is 13.6. The summed E-state index contributed by atoms with van der Waals surface area (Å²) in [6.45, 7) is 3.95. The number of carbonyl (C=O) groups excluding carboxylic acids is 1. The van der Waals surface area contributed by atoms with Crippen LogP contribution in [0.3, 0.4) is 0 Å². The second-order valence-corrected chi connectivity index (χ2v) is 5.27. The molecular weight excluding hydrogens is 283 g/mol. The minimum atomic E-state index is -0.455. The molecule has 0 spiro atoms. The molecule has 1 aromatic carbocycles. The van der Waals surface area contributed by atoms with Crippen molar-refractivity contribution in [2.75, 3.05) is 26.2 Å². The number of benzene rings is 1. The number of carbonyl (C=O) groups is 1. The smallest absolute Gasteiger partial charge is 0.216 e. The van der Waals surface area contributed by atoms with Crippen molar-refractivity contribution in [2.45, 2.75) is 13.0 Å². The molecule has 20 heavy (non-hydrogen) atoms.